The van der Waals surface area contributed by atoms with Crippen molar-refractivity contribution < 1.29 is 27.4 Å². The molecule has 192 valence electrons. The van der Waals surface area contributed by atoms with E-state index in [9.17, 15) is 18.0 Å². The summed E-state index contributed by atoms with van der Waals surface area (Å²) in [6, 6.07) is 5.44. The number of likely N-dealkylation sites (tertiary alicyclic amines) is 1. The molecule has 5 rings (SSSR count). The fourth-order valence-corrected chi connectivity index (χ4v) is 5.15. The van der Waals surface area contributed by atoms with Crippen LogP contribution < -0.4 is 10.5 Å². The van der Waals surface area contributed by atoms with Gasteiger partial charge in [-0.2, -0.15) is 0 Å². The van der Waals surface area contributed by atoms with Crippen molar-refractivity contribution in [2.45, 2.75) is 50.3 Å². The number of hydrogen-bond acceptors (Lipinski definition) is 6. The molecule has 0 aliphatic carbocycles. The summed E-state index contributed by atoms with van der Waals surface area (Å²) in [6.07, 6.45) is 1.24. The molecular weight excluding hydrogens is 475 g/mol. The average molecular weight is 504 g/mol. The lowest BCUT2D eigenvalue weighted by Gasteiger charge is -2.22. The number of aromatic amines is 1. The van der Waals surface area contributed by atoms with Crippen LogP contribution in [0, 0.1) is 0 Å². The highest BCUT2D eigenvalue weighted by molar-refractivity contribution is 5.99. The first-order valence-corrected chi connectivity index (χ1v) is 12.2. The van der Waals surface area contributed by atoms with E-state index < -0.39 is 12.1 Å². The summed E-state index contributed by atoms with van der Waals surface area (Å²) in [5, 5.41) is 0. The fourth-order valence-electron chi connectivity index (χ4n) is 5.15. The molecule has 1 atom stereocenters. The van der Waals surface area contributed by atoms with E-state index >= 15 is 0 Å². The Bertz CT molecular complexity index is 1240. The van der Waals surface area contributed by atoms with Gasteiger partial charge in [0.1, 0.15) is 17.1 Å². The molecule has 8 nitrogen and oxygen atoms in total. The lowest BCUT2D eigenvalue weighted by Crippen LogP contribution is -2.32. The second-order valence-electron chi connectivity index (χ2n) is 9.32. The van der Waals surface area contributed by atoms with Crippen molar-refractivity contribution in [1.29, 1.82) is 0 Å². The van der Waals surface area contributed by atoms with Gasteiger partial charge in [-0.25, -0.2) is 9.97 Å². The van der Waals surface area contributed by atoms with E-state index in [0.29, 0.717) is 19.0 Å². The Hall–Kier alpha value is -3.34. The first-order chi connectivity index (χ1) is 17.3. The number of anilines is 1. The van der Waals surface area contributed by atoms with Gasteiger partial charge in [0.2, 0.25) is 0 Å². The molecule has 2 aromatic heterocycles. The number of nitrogens with two attached hydrogens (primary N) is 1. The van der Waals surface area contributed by atoms with Gasteiger partial charge in [-0.05, 0) is 61.8 Å². The van der Waals surface area contributed by atoms with Crippen LogP contribution in [-0.4, -0.2) is 58.4 Å². The molecular formula is C25H28F3N5O3. The summed E-state index contributed by atoms with van der Waals surface area (Å²) in [4.78, 5) is 27.7. The Balaban J connectivity index is 1.30. The zero-order valence-electron chi connectivity index (χ0n) is 19.7. The molecule has 0 spiro atoms. The van der Waals surface area contributed by atoms with E-state index in [1.807, 2.05) is 6.07 Å². The summed E-state index contributed by atoms with van der Waals surface area (Å²) in [5.41, 5.74) is 8.82. The number of ether oxygens (including phenoxy) is 2. The van der Waals surface area contributed by atoms with Crippen molar-refractivity contribution in [1.82, 2.24) is 19.9 Å². The maximum Gasteiger partial charge on any atom is 0.573 e. The van der Waals surface area contributed by atoms with Gasteiger partial charge in [-0.3, -0.25) is 4.79 Å². The molecule has 2 aliphatic rings. The summed E-state index contributed by atoms with van der Waals surface area (Å²) in [7, 11) is 0. The second kappa shape index (κ2) is 9.96. The van der Waals surface area contributed by atoms with Crippen molar-refractivity contribution in [2.75, 3.05) is 32.0 Å². The number of fused-ring (bicyclic) bond motifs is 1. The van der Waals surface area contributed by atoms with Crippen LogP contribution in [0.4, 0.5) is 18.9 Å². The normalized spacial score (nSPS) is 19.9. The molecule has 4 heterocycles. The number of H-pyrrole nitrogens is 1. The van der Waals surface area contributed by atoms with Crippen LogP contribution in [0.1, 0.15) is 65.7 Å². The van der Waals surface area contributed by atoms with E-state index in [1.165, 1.54) is 6.07 Å². The monoisotopic (exact) mass is 503 g/mol. The maximum atomic E-state index is 13.1. The number of aromatic nitrogens is 3. The molecule has 36 heavy (non-hydrogen) atoms. The van der Waals surface area contributed by atoms with E-state index in [2.05, 4.69) is 14.7 Å². The SMILES string of the molecule is Nc1cc(OC(F)(F)F)ccc1C(=O)N1CCCC(c2ccnc3[nH]c(C4CCOCC4)nc23)CC1. The molecule has 3 aromatic rings. The predicted octanol–water partition coefficient (Wildman–Crippen LogP) is 4.74. The lowest BCUT2D eigenvalue weighted by atomic mass is 9.92. The number of nitrogen functional groups attached to an aromatic ring is 1. The molecule has 11 heteroatoms. The van der Waals surface area contributed by atoms with Crippen molar-refractivity contribution >= 4 is 22.8 Å². The van der Waals surface area contributed by atoms with Crippen LogP contribution >= 0.6 is 0 Å². The lowest BCUT2D eigenvalue weighted by molar-refractivity contribution is -0.274. The van der Waals surface area contributed by atoms with Crippen LogP contribution in [0.15, 0.2) is 30.5 Å². The maximum absolute atomic E-state index is 13.1. The Morgan fingerprint density at radius 3 is 2.67 bits per heavy atom. The average Bonchev–Trinajstić information content (AvgIpc) is 3.14. The molecule has 0 radical (unpaired) electrons. The van der Waals surface area contributed by atoms with Crippen molar-refractivity contribution in [2.24, 2.45) is 0 Å². The highest BCUT2D eigenvalue weighted by Crippen LogP contribution is 2.34. The molecule has 1 aromatic carbocycles. The topological polar surface area (TPSA) is 106 Å². The number of nitrogens with one attached hydrogen (secondary N) is 1. The Kier molecular flexibility index (Phi) is 6.74. The van der Waals surface area contributed by atoms with Crippen LogP contribution in [0.25, 0.3) is 11.2 Å². The van der Waals surface area contributed by atoms with Gasteiger partial charge in [0.15, 0.2) is 5.65 Å². The summed E-state index contributed by atoms with van der Waals surface area (Å²) in [5.74, 6) is 0.744. The van der Waals surface area contributed by atoms with Gasteiger partial charge in [-0.1, -0.05) is 0 Å². The molecule has 1 unspecified atom stereocenters. The largest absolute Gasteiger partial charge is 0.573 e. The number of nitrogens with zero attached hydrogens (tertiary/aromatic N) is 3. The molecule has 2 aliphatic heterocycles. The van der Waals surface area contributed by atoms with Crippen LogP contribution in [0.2, 0.25) is 0 Å². The van der Waals surface area contributed by atoms with Crippen molar-refractivity contribution in [3.63, 3.8) is 0 Å². The van der Waals surface area contributed by atoms with Gasteiger partial charge in [0.05, 0.1) is 5.56 Å². The number of pyridine rings is 1. The quantitative estimate of drug-likeness (QED) is 0.498. The molecule has 2 saturated heterocycles. The third kappa shape index (κ3) is 5.25. The van der Waals surface area contributed by atoms with Crippen LogP contribution in [0.5, 0.6) is 5.75 Å². The number of halogens is 3. The minimum atomic E-state index is -4.82. The number of benzene rings is 1. The molecule has 0 bridgehead atoms. The van der Waals surface area contributed by atoms with E-state index in [0.717, 1.165) is 80.0 Å². The van der Waals surface area contributed by atoms with Crippen molar-refractivity contribution in [3.8, 4) is 5.75 Å². The second-order valence-corrected chi connectivity index (χ2v) is 9.32. The van der Waals surface area contributed by atoms with Crippen molar-refractivity contribution in [3.05, 3.63) is 47.4 Å². The van der Waals surface area contributed by atoms with Gasteiger partial charge < -0.3 is 25.1 Å². The number of hydrogen-bond donors (Lipinski definition) is 2. The van der Waals surface area contributed by atoms with Gasteiger partial charge in [0.25, 0.3) is 5.91 Å². The number of imidazole rings is 1. The zero-order valence-corrected chi connectivity index (χ0v) is 19.7. The number of amides is 1. The van der Waals surface area contributed by atoms with E-state index in [4.69, 9.17) is 15.5 Å². The first kappa shape index (κ1) is 24.4. The zero-order chi connectivity index (χ0) is 25.3. The summed E-state index contributed by atoms with van der Waals surface area (Å²) < 4.78 is 46.8. The highest BCUT2D eigenvalue weighted by Gasteiger charge is 2.32. The number of rotatable bonds is 4. The predicted molar refractivity (Wildman–Crippen MR) is 127 cm³/mol. The summed E-state index contributed by atoms with van der Waals surface area (Å²) in [6.45, 7) is 2.51. The molecule has 2 fully saturated rings. The first-order valence-electron chi connectivity index (χ1n) is 12.2. The Morgan fingerprint density at radius 2 is 1.92 bits per heavy atom. The van der Waals surface area contributed by atoms with E-state index in [1.54, 1.807) is 11.1 Å². The van der Waals surface area contributed by atoms with Crippen LogP contribution in [-0.2, 0) is 4.74 Å². The van der Waals surface area contributed by atoms with Gasteiger partial charge >= 0.3 is 6.36 Å². The number of alkyl halides is 3. The highest BCUT2D eigenvalue weighted by atomic mass is 19.4. The minimum Gasteiger partial charge on any atom is -0.406 e. The summed E-state index contributed by atoms with van der Waals surface area (Å²) >= 11 is 0. The fraction of sp³-hybridized carbons (Fsp3) is 0.480. The minimum absolute atomic E-state index is 0.0458. The standard InChI is InChI=1S/C25H28F3N5O3/c26-25(27,28)36-17-3-4-19(20(29)14-17)24(34)33-10-1-2-15(6-11-33)18-5-9-30-23-21(18)31-22(32-23)16-7-12-35-13-8-16/h3-5,9,14-16H,1-2,6-8,10-13,29H2,(H,30,31,32). The van der Waals surface area contributed by atoms with Gasteiger partial charge in [0, 0.05) is 50.2 Å². The molecule has 3 N–H and O–H groups in total. The smallest absolute Gasteiger partial charge is 0.406 e. The third-order valence-electron chi connectivity index (χ3n) is 6.98. The van der Waals surface area contributed by atoms with Crippen LogP contribution in [0.3, 0.4) is 0 Å². The number of carbonyl (C=O) groups is 1. The van der Waals surface area contributed by atoms with E-state index in [-0.39, 0.29) is 23.1 Å². The Labute approximate surface area is 206 Å². The number of carbonyl (C=O) groups excluding carboxylic acids is 1. The Morgan fingerprint density at radius 1 is 1.11 bits per heavy atom. The van der Waals surface area contributed by atoms with Gasteiger partial charge in [-0.15, -0.1) is 13.2 Å². The third-order valence-corrected chi connectivity index (χ3v) is 6.98. The molecule has 1 amide bonds. The molecule has 0 saturated carbocycles.